The van der Waals surface area contributed by atoms with Crippen LogP contribution >= 0.6 is 0 Å². The first-order valence-corrected chi connectivity index (χ1v) is 14.8. The molecule has 1 amide bonds. The molecule has 0 spiro atoms. The van der Waals surface area contributed by atoms with Crippen molar-refractivity contribution in [2.24, 2.45) is 35.3 Å². The van der Waals surface area contributed by atoms with Crippen molar-refractivity contribution in [3.8, 4) is 0 Å². The minimum atomic E-state index is -1.24. The molecule has 41 heavy (non-hydrogen) atoms. The monoisotopic (exact) mass is 588 g/mol. The van der Waals surface area contributed by atoms with Gasteiger partial charge in [-0.15, -0.1) is 0 Å². The van der Waals surface area contributed by atoms with Gasteiger partial charge in [-0.25, -0.2) is 4.79 Å². The van der Waals surface area contributed by atoms with Gasteiger partial charge in [0.1, 0.15) is 17.5 Å². The van der Waals surface area contributed by atoms with Crippen LogP contribution in [0.25, 0.3) is 0 Å². The molecule has 0 aromatic rings. The fourth-order valence-corrected chi connectivity index (χ4v) is 6.29. The maximum Gasteiger partial charge on any atom is 0.405 e. The summed E-state index contributed by atoms with van der Waals surface area (Å²) in [5.41, 5.74) is 4.05. The third-order valence-corrected chi connectivity index (χ3v) is 8.52. The number of ketones is 1. The number of nitrogens with zero attached hydrogens (tertiary/aromatic N) is 1. The molecule has 0 saturated carbocycles. The highest BCUT2D eigenvalue weighted by Gasteiger charge is 2.44. The largest absolute Gasteiger partial charge is 0.458 e. The molecular weight excluding hydrogens is 528 g/mol. The van der Waals surface area contributed by atoms with Crippen molar-refractivity contribution in [1.82, 2.24) is 4.90 Å². The molecule has 0 radical (unpaired) electrons. The number of esters is 1. The number of aliphatic hydroxyl groups excluding tert-OH is 2. The summed E-state index contributed by atoms with van der Waals surface area (Å²) in [5, 5.41) is 19.9. The molecule has 2 rings (SSSR count). The lowest BCUT2D eigenvalue weighted by molar-refractivity contribution is -0.175. The van der Waals surface area contributed by atoms with E-state index in [0.29, 0.717) is 25.3 Å². The number of ether oxygens (including phenoxy) is 3. The van der Waals surface area contributed by atoms with Gasteiger partial charge in [0, 0.05) is 30.7 Å². The summed E-state index contributed by atoms with van der Waals surface area (Å²) in [6.45, 7) is 14.8. The lowest BCUT2D eigenvalue weighted by Gasteiger charge is -2.38. The van der Waals surface area contributed by atoms with E-state index < -0.39 is 48.0 Å². The molecule has 10 heteroatoms. The summed E-state index contributed by atoms with van der Waals surface area (Å²) in [5.74, 6) is -1.65. The number of nitrogens with two attached hydrogens (primary N) is 1. The Balaban J connectivity index is 0.00000111. The van der Waals surface area contributed by atoms with Crippen molar-refractivity contribution in [2.75, 3.05) is 14.1 Å². The predicted octanol–water partition coefficient (Wildman–Crippen LogP) is 4.53. The molecule has 4 N–H and O–H groups in total. The molecule has 8 unspecified atom stereocenters. The van der Waals surface area contributed by atoms with Gasteiger partial charge in [-0.2, -0.15) is 0 Å². The zero-order valence-corrected chi connectivity index (χ0v) is 26.4. The topological polar surface area (TPSA) is 149 Å². The number of carbonyl (C=O) groups excluding carboxylic acids is 3. The van der Waals surface area contributed by atoms with Crippen LogP contribution in [-0.2, 0) is 23.8 Å². The molecule has 0 aromatic heterocycles. The Kier molecular flexibility index (Phi) is 16.6. The van der Waals surface area contributed by atoms with E-state index in [9.17, 15) is 24.6 Å². The summed E-state index contributed by atoms with van der Waals surface area (Å²) >= 11 is 0. The highest BCUT2D eigenvalue weighted by molar-refractivity contribution is 5.83. The first-order valence-electron chi connectivity index (χ1n) is 14.8. The van der Waals surface area contributed by atoms with Crippen molar-refractivity contribution in [2.45, 2.75) is 138 Å². The number of amides is 1. The van der Waals surface area contributed by atoms with E-state index in [1.165, 1.54) is 0 Å². The van der Waals surface area contributed by atoms with Crippen molar-refractivity contribution in [3.63, 3.8) is 0 Å². The first-order chi connectivity index (χ1) is 18.4. The molecule has 2 aliphatic rings. The van der Waals surface area contributed by atoms with Gasteiger partial charge in [-0.1, -0.05) is 42.0 Å². The Morgan fingerprint density at radius 3 is 2.10 bits per heavy atom. The minimum absolute atomic E-state index is 0. The standard InChI is InChI=1S/C22H39NO6.C8H17NO2.CH4/c1-8-17-22(7,29-21(23)27)11-15(5)18(24)13(3)9-12(2)10-14(4)19(25)16(6)20(26)28-17;1-6-4-7(9(2)3)5-8(10)11-6;/h12-17,19,25H,8-11H2,1-7H3,(H2,23,27);6-8,10H,4-5H2,1-3H3;1H4/t12?,13-,14?,15-,16?,17?,19?,22+;;/m1../s1. The summed E-state index contributed by atoms with van der Waals surface area (Å²) in [7, 11) is 4.07. The SMILES string of the molecule is C.CC1CC(N(C)C)CC(O)O1.CCC1OC(=O)C(C)C(O)C(C)CC(C)C[C@@H](C)C(=O)[C@H](C)C[C@]1(C)OC(N)=O. The Morgan fingerprint density at radius 1 is 1.02 bits per heavy atom. The van der Waals surface area contributed by atoms with Gasteiger partial charge in [-0.05, 0) is 72.4 Å². The number of hydrogen-bond acceptors (Lipinski definition) is 9. The summed E-state index contributed by atoms with van der Waals surface area (Å²) in [6, 6.07) is 0.466. The number of aliphatic hydroxyl groups is 2. The van der Waals surface area contributed by atoms with Crippen molar-refractivity contribution in [3.05, 3.63) is 0 Å². The van der Waals surface area contributed by atoms with E-state index >= 15 is 0 Å². The average Bonchev–Trinajstić information content (AvgIpc) is 2.83. The second kappa shape index (κ2) is 17.4. The fraction of sp³-hybridized carbons (Fsp3) is 0.903. The number of hydrogen-bond donors (Lipinski definition) is 3. The molecule has 2 heterocycles. The number of rotatable bonds is 3. The van der Waals surface area contributed by atoms with Crippen LogP contribution in [0.4, 0.5) is 4.79 Å². The van der Waals surface area contributed by atoms with Crippen molar-refractivity contribution >= 4 is 17.8 Å². The molecule has 0 bridgehead atoms. The molecule has 242 valence electrons. The molecule has 0 aromatic carbocycles. The smallest absolute Gasteiger partial charge is 0.405 e. The van der Waals surface area contributed by atoms with E-state index in [4.69, 9.17) is 19.9 Å². The number of Topliss-reactive ketones (excluding diaryl/α,β-unsaturated/α-hetero) is 1. The number of primary amides is 1. The molecule has 0 aliphatic carbocycles. The maximum absolute atomic E-state index is 13.0. The molecule has 2 fully saturated rings. The van der Waals surface area contributed by atoms with Gasteiger partial charge in [0.25, 0.3) is 0 Å². The quantitative estimate of drug-likeness (QED) is 0.404. The molecular formula is C31H60N2O8. The van der Waals surface area contributed by atoms with Crippen LogP contribution < -0.4 is 5.73 Å². The third-order valence-electron chi connectivity index (χ3n) is 8.52. The van der Waals surface area contributed by atoms with Crippen LogP contribution in [-0.4, -0.2) is 83.3 Å². The second-order valence-electron chi connectivity index (χ2n) is 12.8. The normalized spacial score (nSPS) is 39.3. The van der Waals surface area contributed by atoms with Gasteiger partial charge in [0.2, 0.25) is 0 Å². The molecule has 2 aliphatic heterocycles. The lowest BCUT2D eigenvalue weighted by Crippen LogP contribution is -2.50. The zero-order chi connectivity index (χ0) is 30.9. The maximum atomic E-state index is 13.0. The van der Waals surface area contributed by atoms with Gasteiger partial charge in [0.15, 0.2) is 6.29 Å². The second-order valence-corrected chi connectivity index (χ2v) is 12.8. The van der Waals surface area contributed by atoms with Crippen molar-refractivity contribution in [1.29, 1.82) is 0 Å². The molecule has 11 atom stereocenters. The van der Waals surface area contributed by atoms with Crippen LogP contribution in [0.5, 0.6) is 0 Å². The Bertz CT molecular complexity index is 814. The van der Waals surface area contributed by atoms with E-state index in [2.05, 4.69) is 11.8 Å². The zero-order valence-electron chi connectivity index (χ0n) is 26.4. The van der Waals surface area contributed by atoms with Crippen LogP contribution in [0.2, 0.25) is 0 Å². The van der Waals surface area contributed by atoms with E-state index in [-0.39, 0.29) is 43.5 Å². The third kappa shape index (κ3) is 12.2. The Hall–Kier alpha value is -1.75. The van der Waals surface area contributed by atoms with Gasteiger partial charge >= 0.3 is 12.1 Å². The van der Waals surface area contributed by atoms with Gasteiger partial charge in [0.05, 0.1) is 18.1 Å². The highest BCUT2D eigenvalue weighted by Crippen LogP contribution is 2.34. The van der Waals surface area contributed by atoms with Gasteiger partial charge < -0.3 is 35.1 Å². The van der Waals surface area contributed by atoms with E-state index in [1.807, 2.05) is 48.7 Å². The number of carbonyl (C=O) groups is 3. The Labute approximate surface area is 248 Å². The number of cyclic esters (lactones) is 1. The van der Waals surface area contributed by atoms with Crippen LogP contribution in [0, 0.1) is 29.6 Å². The highest BCUT2D eigenvalue weighted by atomic mass is 16.6. The Morgan fingerprint density at radius 2 is 1.61 bits per heavy atom. The van der Waals surface area contributed by atoms with Crippen LogP contribution in [0.1, 0.15) is 101 Å². The fourth-order valence-electron chi connectivity index (χ4n) is 6.29. The van der Waals surface area contributed by atoms with Crippen molar-refractivity contribution < 1.29 is 38.8 Å². The minimum Gasteiger partial charge on any atom is -0.458 e. The lowest BCUT2D eigenvalue weighted by atomic mass is 9.78. The van der Waals surface area contributed by atoms with Crippen LogP contribution in [0.15, 0.2) is 0 Å². The predicted molar refractivity (Wildman–Crippen MR) is 160 cm³/mol. The van der Waals surface area contributed by atoms with Gasteiger partial charge in [-0.3, -0.25) is 9.59 Å². The average molecular weight is 589 g/mol. The van der Waals surface area contributed by atoms with E-state index in [1.54, 1.807) is 13.8 Å². The van der Waals surface area contributed by atoms with E-state index in [0.717, 1.165) is 12.8 Å². The molecule has 10 nitrogen and oxygen atoms in total. The van der Waals surface area contributed by atoms with Crippen LogP contribution in [0.3, 0.4) is 0 Å². The first kappa shape index (κ1) is 39.2. The summed E-state index contributed by atoms with van der Waals surface area (Å²) in [4.78, 5) is 39.4. The summed E-state index contributed by atoms with van der Waals surface area (Å²) < 4.78 is 16.3. The summed E-state index contributed by atoms with van der Waals surface area (Å²) in [6.07, 6.45) is 0.741. The molecule has 2 saturated heterocycles.